The van der Waals surface area contributed by atoms with Crippen LogP contribution < -0.4 is 5.32 Å². The van der Waals surface area contributed by atoms with Gasteiger partial charge in [0.15, 0.2) is 0 Å². The molecule has 2 aromatic rings. The molecule has 0 spiro atoms. The molecular weight excluding hydrogens is 336 g/mol. The van der Waals surface area contributed by atoms with Crippen LogP contribution in [0.15, 0.2) is 45.8 Å². The summed E-state index contributed by atoms with van der Waals surface area (Å²) in [6.07, 6.45) is 0. The van der Waals surface area contributed by atoms with Crippen LogP contribution in [0, 0.1) is 18.3 Å². The Morgan fingerprint density at radius 3 is 2.75 bits per heavy atom. The summed E-state index contributed by atoms with van der Waals surface area (Å²) in [4.78, 5) is 12.8. The summed E-state index contributed by atoms with van der Waals surface area (Å²) in [5.74, 6) is -0.287. The van der Waals surface area contributed by atoms with Crippen LogP contribution in [0.4, 0.5) is 5.69 Å². The highest BCUT2D eigenvalue weighted by Gasteiger charge is 2.13. The number of anilines is 1. The van der Waals surface area contributed by atoms with Gasteiger partial charge < -0.3 is 5.32 Å². The maximum atomic E-state index is 12.2. The molecule has 0 aliphatic rings. The lowest BCUT2D eigenvalue weighted by molar-refractivity contribution is 0.102. The van der Waals surface area contributed by atoms with Gasteiger partial charge in [-0.15, -0.1) is 12.6 Å². The zero-order chi connectivity index (χ0) is 14.7. The number of nitriles is 1. The standard InChI is InChI=1S/C15H11BrN2OS/c1-9-3-2-4-13(12(9)8-17)18-15(19)11-6-5-10(16)7-14(11)20/h2-7,20H,1H3,(H,18,19). The molecule has 0 aliphatic heterocycles. The second-order valence-corrected chi connectivity index (χ2v) is 5.62. The van der Waals surface area contributed by atoms with Gasteiger partial charge in [-0.25, -0.2) is 0 Å². The van der Waals surface area contributed by atoms with Crippen molar-refractivity contribution in [2.75, 3.05) is 5.32 Å². The number of rotatable bonds is 2. The zero-order valence-corrected chi connectivity index (χ0v) is 13.1. The van der Waals surface area contributed by atoms with Crippen LogP contribution in [0.25, 0.3) is 0 Å². The van der Waals surface area contributed by atoms with E-state index in [1.165, 1.54) is 0 Å². The number of hydrogen-bond acceptors (Lipinski definition) is 3. The first-order chi connectivity index (χ1) is 9.52. The topological polar surface area (TPSA) is 52.9 Å². The van der Waals surface area contributed by atoms with Gasteiger partial charge in [0.1, 0.15) is 6.07 Å². The molecule has 0 radical (unpaired) electrons. The van der Waals surface area contributed by atoms with E-state index in [0.717, 1.165) is 10.0 Å². The minimum Gasteiger partial charge on any atom is -0.321 e. The lowest BCUT2D eigenvalue weighted by Crippen LogP contribution is -2.14. The third-order valence-electron chi connectivity index (χ3n) is 2.84. The first-order valence-electron chi connectivity index (χ1n) is 5.82. The summed E-state index contributed by atoms with van der Waals surface area (Å²) >= 11 is 7.61. The van der Waals surface area contributed by atoms with E-state index in [-0.39, 0.29) is 5.91 Å². The van der Waals surface area contributed by atoms with E-state index >= 15 is 0 Å². The van der Waals surface area contributed by atoms with E-state index < -0.39 is 0 Å². The molecule has 100 valence electrons. The van der Waals surface area contributed by atoms with Crippen molar-refractivity contribution in [3.8, 4) is 6.07 Å². The molecule has 0 atom stereocenters. The van der Waals surface area contributed by atoms with E-state index in [0.29, 0.717) is 21.7 Å². The highest BCUT2D eigenvalue weighted by Crippen LogP contribution is 2.23. The van der Waals surface area contributed by atoms with Crippen LogP contribution in [0.3, 0.4) is 0 Å². The fourth-order valence-electron chi connectivity index (χ4n) is 1.81. The molecular formula is C15H11BrN2OS. The average molecular weight is 347 g/mol. The second kappa shape index (κ2) is 6.12. The minimum absolute atomic E-state index is 0.287. The maximum Gasteiger partial charge on any atom is 0.256 e. The van der Waals surface area contributed by atoms with Crippen molar-refractivity contribution < 1.29 is 4.79 Å². The summed E-state index contributed by atoms with van der Waals surface area (Å²) in [5.41, 5.74) is 2.26. The summed E-state index contributed by atoms with van der Waals surface area (Å²) in [6, 6.07) is 12.7. The number of nitrogens with one attached hydrogen (secondary N) is 1. The molecule has 0 aromatic heterocycles. The van der Waals surface area contributed by atoms with Gasteiger partial charge in [0.25, 0.3) is 5.91 Å². The van der Waals surface area contributed by atoms with Gasteiger partial charge >= 0.3 is 0 Å². The molecule has 1 amide bonds. The zero-order valence-electron chi connectivity index (χ0n) is 10.6. The number of amides is 1. The molecule has 0 aliphatic carbocycles. The van der Waals surface area contributed by atoms with Crippen LogP contribution in [-0.4, -0.2) is 5.91 Å². The van der Waals surface area contributed by atoms with Crippen molar-refractivity contribution >= 4 is 40.2 Å². The Morgan fingerprint density at radius 1 is 1.35 bits per heavy atom. The summed E-state index contributed by atoms with van der Waals surface area (Å²) < 4.78 is 0.854. The number of nitrogens with zero attached hydrogens (tertiary/aromatic N) is 1. The van der Waals surface area contributed by atoms with Crippen LogP contribution >= 0.6 is 28.6 Å². The fourth-order valence-corrected chi connectivity index (χ4v) is 2.66. The number of carbonyl (C=O) groups is 1. The summed E-state index contributed by atoms with van der Waals surface area (Å²) in [6.45, 7) is 1.83. The Balaban J connectivity index is 2.33. The predicted molar refractivity (Wildman–Crippen MR) is 85.2 cm³/mol. The molecule has 0 saturated carbocycles. The Hall–Kier alpha value is -1.77. The van der Waals surface area contributed by atoms with Crippen LogP contribution in [0.2, 0.25) is 0 Å². The molecule has 0 bridgehead atoms. The lowest BCUT2D eigenvalue weighted by Gasteiger charge is -2.10. The van der Waals surface area contributed by atoms with Crippen molar-refractivity contribution in [1.82, 2.24) is 0 Å². The van der Waals surface area contributed by atoms with E-state index in [1.54, 1.807) is 30.3 Å². The van der Waals surface area contributed by atoms with Crippen molar-refractivity contribution in [3.05, 3.63) is 57.6 Å². The van der Waals surface area contributed by atoms with Crippen LogP contribution in [0.1, 0.15) is 21.5 Å². The van der Waals surface area contributed by atoms with Crippen LogP contribution in [0.5, 0.6) is 0 Å². The van der Waals surface area contributed by atoms with E-state index in [9.17, 15) is 4.79 Å². The van der Waals surface area contributed by atoms with Gasteiger partial charge in [0.05, 0.1) is 16.8 Å². The molecule has 0 heterocycles. The lowest BCUT2D eigenvalue weighted by atomic mass is 10.1. The molecule has 3 nitrogen and oxygen atoms in total. The average Bonchev–Trinajstić information content (AvgIpc) is 2.38. The molecule has 0 unspecified atom stereocenters. The smallest absolute Gasteiger partial charge is 0.256 e. The highest BCUT2D eigenvalue weighted by atomic mass is 79.9. The van der Waals surface area contributed by atoms with Crippen molar-refractivity contribution in [3.63, 3.8) is 0 Å². The fraction of sp³-hybridized carbons (Fsp3) is 0.0667. The molecule has 2 rings (SSSR count). The van der Waals surface area contributed by atoms with Crippen molar-refractivity contribution in [2.45, 2.75) is 11.8 Å². The third-order valence-corrected chi connectivity index (χ3v) is 3.70. The number of benzene rings is 2. The van der Waals surface area contributed by atoms with Gasteiger partial charge in [-0.1, -0.05) is 28.1 Å². The Bertz CT molecular complexity index is 722. The first-order valence-corrected chi connectivity index (χ1v) is 7.06. The summed E-state index contributed by atoms with van der Waals surface area (Å²) in [5, 5.41) is 11.9. The molecule has 20 heavy (non-hydrogen) atoms. The maximum absolute atomic E-state index is 12.2. The van der Waals surface area contributed by atoms with Gasteiger partial charge in [-0.05, 0) is 36.8 Å². The largest absolute Gasteiger partial charge is 0.321 e. The number of aryl methyl sites for hydroxylation is 1. The molecule has 0 fully saturated rings. The van der Waals surface area contributed by atoms with Crippen LogP contribution in [-0.2, 0) is 0 Å². The minimum atomic E-state index is -0.287. The van der Waals surface area contributed by atoms with E-state index in [4.69, 9.17) is 5.26 Å². The van der Waals surface area contributed by atoms with E-state index in [1.807, 2.05) is 13.0 Å². The SMILES string of the molecule is Cc1cccc(NC(=O)c2ccc(Br)cc2S)c1C#N. The molecule has 5 heteroatoms. The highest BCUT2D eigenvalue weighted by molar-refractivity contribution is 9.10. The molecule has 1 N–H and O–H groups in total. The van der Waals surface area contributed by atoms with Crippen molar-refractivity contribution in [1.29, 1.82) is 5.26 Å². The Morgan fingerprint density at radius 2 is 2.10 bits per heavy atom. The van der Waals surface area contributed by atoms with Crippen molar-refractivity contribution in [2.24, 2.45) is 0 Å². The Labute approximate surface area is 131 Å². The Kier molecular flexibility index (Phi) is 4.48. The quantitative estimate of drug-likeness (QED) is 0.801. The predicted octanol–water partition coefficient (Wildman–Crippen LogP) is 4.17. The van der Waals surface area contributed by atoms with Gasteiger partial charge in [-0.2, -0.15) is 5.26 Å². The van der Waals surface area contributed by atoms with E-state index in [2.05, 4.69) is 39.9 Å². The number of thiol groups is 1. The molecule has 2 aromatic carbocycles. The second-order valence-electron chi connectivity index (χ2n) is 4.22. The van der Waals surface area contributed by atoms with Gasteiger partial charge in [0.2, 0.25) is 0 Å². The van der Waals surface area contributed by atoms with Gasteiger partial charge in [0, 0.05) is 9.37 Å². The summed E-state index contributed by atoms with van der Waals surface area (Å²) in [7, 11) is 0. The monoisotopic (exact) mass is 346 g/mol. The molecule has 0 saturated heterocycles. The normalized spacial score (nSPS) is 9.90. The number of hydrogen-bond donors (Lipinski definition) is 2. The third kappa shape index (κ3) is 3.03. The number of halogens is 1. The van der Waals surface area contributed by atoms with Gasteiger partial charge in [-0.3, -0.25) is 4.79 Å². The number of carbonyl (C=O) groups excluding carboxylic acids is 1. The first kappa shape index (κ1) is 14.6.